The van der Waals surface area contributed by atoms with Crippen LogP contribution in [-0.2, 0) is 16.0 Å². The molecule has 0 heterocycles. The van der Waals surface area contributed by atoms with E-state index in [0.29, 0.717) is 23.3 Å². The first-order valence-corrected chi connectivity index (χ1v) is 7.59. The van der Waals surface area contributed by atoms with Crippen LogP contribution in [0, 0.1) is 12.7 Å². The highest BCUT2D eigenvalue weighted by Gasteiger charge is 2.19. The monoisotopic (exact) mass is 299 g/mol. The molecule has 0 aliphatic rings. The number of carbonyl (C=O) groups excluding carboxylic acids is 1. The number of thioether (sulfide) groups is 1. The van der Waals surface area contributed by atoms with E-state index in [9.17, 15) is 14.0 Å². The average Bonchev–Trinajstić information content (AvgIpc) is 2.37. The van der Waals surface area contributed by atoms with Gasteiger partial charge in [-0.05, 0) is 48.6 Å². The van der Waals surface area contributed by atoms with Gasteiger partial charge in [0.15, 0.2) is 0 Å². The maximum Gasteiger partial charge on any atom is 0.326 e. The highest BCUT2D eigenvalue weighted by molar-refractivity contribution is 7.98. The Hall–Kier alpha value is -1.56. The van der Waals surface area contributed by atoms with Crippen molar-refractivity contribution in [1.82, 2.24) is 5.32 Å². The molecule has 6 heteroatoms. The van der Waals surface area contributed by atoms with E-state index < -0.39 is 12.0 Å². The normalized spacial score (nSPS) is 11.9. The summed E-state index contributed by atoms with van der Waals surface area (Å²) in [6.45, 7) is 1.72. The van der Waals surface area contributed by atoms with Gasteiger partial charge in [0.25, 0.3) is 0 Å². The Morgan fingerprint density at radius 2 is 2.15 bits per heavy atom. The van der Waals surface area contributed by atoms with Gasteiger partial charge in [0.1, 0.15) is 11.9 Å². The Morgan fingerprint density at radius 1 is 1.45 bits per heavy atom. The van der Waals surface area contributed by atoms with Crippen LogP contribution in [0.3, 0.4) is 0 Å². The minimum Gasteiger partial charge on any atom is -0.480 e. The molecule has 1 rings (SSSR count). The quantitative estimate of drug-likeness (QED) is 0.808. The standard InChI is InChI=1S/C14H18FNO3S/c1-9-7-11(15)4-3-10(9)8-13(17)16-12(14(18)19)5-6-20-2/h3-4,7,12H,5-6,8H2,1-2H3,(H,16,17)(H,18,19)/t12-/m0/s1. The Bertz CT molecular complexity index is 493. The molecule has 0 bridgehead atoms. The van der Waals surface area contributed by atoms with E-state index in [1.165, 1.54) is 23.9 Å². The summed E-state index contributed by atoms with van der Waals surface area (Å²) in [5, 5.41) is 11.5. The topological polar surface area (TPSA) is 66.4 Å². The zero-order valence-electron chi connectivity index (χ0n) is 11.5. The highest BCUT2D eigenvalue weighted by atomic mass is 32.2. The van der Waals surface area contributed by atoms with Gasteiger partial charge in [0, 0.05) is 0 Å². The van der Waals surface area contributed by atoms with Crippen molar-refractivity contribution in [3.63, 3.8) is 0 Å². The molecule has 1 aromatic carbocycles. The van der Waals surface area contributed by atoms with Crippen LogP contribution in [0.5, 0.6) is 0 Å². The smallest absolute Gasteiger partial charge is 0.326 e. The van der Waals surface area contributed by atoms with Crippen LogP contribution in [0.2, 0.25) is 0 Å². The predicted octanol–water partition coefficient (Wildman–Crippen LogP) is 2.00. The van der Waals surface area contributed by atoms with Crippen LogP contribution in [-0.4, -0.2) is 35.0 Å². The molecule has 0 saturated carbocycles. The average molecular weight is 299 g/mol. The molecule has 1 aromatic rings. The fourth-order valence-electron chi connectivity index (χ4n) is 1.77. The lowest BCUT2D eigenvalue weighted by atomic mass is 10.0. The third-order valence-electron chi connectivity index (χ3n) is 2.90. The van der Waals surface area contributed by atoms with Gasteiger partial charge in [-0.25, -0.2) is 9.18 Å². The molecule has 1 amide bonds. The van der Waals surface area contributed by atoms with Crippen molar-refractivity contribution in [3.05, 3.63) is 35.1 Å². The number of aliphatic carboxylic acids is 1. The number of carboxylic acids is 1. The second-order valence-corrected chi connectivity index (χ2v) is 5.47. The van der Waals surface area contributed by atoms with E-state index in [2.05, 4.69) is 5.32 Å². The van der Waals surface area contributed by atoms with Crippen molar-refractivity contribution in [2.75, 3.05) is 12.0 Å². The molecule has 2 N–H and O–H groups in total. The summed E-state index contributed by atoms with van der Waals surface area (Å²) >= 11 is 1.53. The molecular weight excluding hydrogens is 281 g/mol. The summed E-state index contributed by atoms with van der Waals surface area (Å²) in [5.74, 6) is -1.10. The van der Waals surface area contributed by atoms with Gasteiger partial charge in [-0.2, -0.15) is 11.8 Å². The van der Waals surface area contributed by atoms with Crippen LogP contribution in [0.1, 0.15) is 17.5 Å². The zero-order chi connectivity index (χ0) is 15.1. The number of aryl methyl sites for hydroxylation is 1. The molecule has 0 aliphatic heterocycles. The number of nitrogens with one attached hydrogen (secondary N) is 1. The van der Waals surface area contributed by atoms with E-state index >= 15 is 0 Å². The van der Waals surface area contributed by atoms with Crippen molar-refractivity contribution in [2.45, 2.75) is 25.8 Å². The lowest BCUT2D eigenvalue weighted by Gasteiger charge is -2.14. The van der Waals surface area contributed by atoms with Crippen molar-refractivity contribution < 1.29 is 19.1 Å². The van der Waals surface area contributed by atoms with Gasteiger partial charge in [0.05, 0.1) is 6.42 Å². The minimum absolute atomic E-state index is 0.0508. The molecule has 0 radical (unpaired) electrons. The van der Waals surface area contributed by atoms with Crippen molar-refractivity contribution >= 4 is 23.6 Å². The molecule has 0 saturated heterocycles. The number of halogens is 1. The van der Waals surface area contributed by atoms with Crippen LogP contribution < -0.4 is 5.32 Å². The van der Waals surface area contributed by atoms with Crippen LogP contribution in [0.4, 0.5) is 4.39 Å². The maximum absolute atomic E-state index is 13.0. The van der Waals surface area contributed by atoms with Gasteiger partial charge in [-0.1, -0.05) is 6.07 Å². The van der Waals surface area contributed by atoms with Crippen molar-refractivity contribution in [3.8, 4) is 0 Å². The first kappa shape index (κ1) is 16.5. The molecule has 110 valence electrons. The van der Waals surface area contributed by atoms with Gasteiger partial charge in [0.2, 0.25) is 5.91 Å². The lowest BCUT2D eigenvalue weighted by molar-refractivity contribution is -0.141. The third-order valence-corrected chi connectivity index (χ3v) is 3.54. The number of rotatable bonds is 7. The summed E-state index contributed by atoms with van der Waals surface area (Å²) < 4.78 is 13.0. The Labute approximate surface area is 121 Å². The first-order valence-electron chi connectivity index (χ1n) is 6.20. The van der Waals surface area contributed by atoms with Crippen molar-refractivity contribution in [2.24, 2.45) is 0 Å². The highest BCUT2D eigenvalue weighted by Crippen LogP contribution is 2.11. The summed E-state index contributed by atoms with van der Waals surface area (Å²) in [6, 6.07) is 3.31. The Morgan fingerprint density at radius 3 is 2.70 bits per heavy atom. The second kappa shape index (κ2) is 7.89. The molecule has 4 nitrogen and oxygen atoms in total. The summed E-state index contributed by atoms with van der Waals surface area (Å²) in [4.78, 5) is 22.9. The van der Waals surface area contributed by atoms with Gasteiger partial charge >= 0.3 is 5.97 Å². The van der Waals surface area contributed by atoms with Crippen LogP contribution in [0.15, 0.2) is 18.2 Å². The third kappa shape index (κ3) is 5.21. The summed E-state index contributed by atoms with van der Waals surface area (Å²) in [5.41, 5.74) is 1.37. The molecule has 1 atom stereocenters. The zero-order valence-corrected chi connectivity index (χ0v) is 12.3. The Balaban J connectivity index is 2.63. The van der Waals surface area contributed by atoms with Crippen LogP contribution >= 0.6 is 11.8 Å². The largest absolute Gasteiger partial charge is 0.480 e. The fourth-order valence-corrected chi connectivity index (χ4v) is 2.24. The number of carbonyl (C=O) groups is 2. The predicted molar refractivity (Wildman–Crippen MR) is 77.4 cm³/mol. The molecular formula is C14H18FNO3S. The molecule has 20 heavy (non-hydrogen) atoms. The molecule has 0 unspecified atom stereocenters. The number of hydrogen-bond donors (Lipinski definition) is 2. The van der Waals surface area contributed by atoms with Crippen molar-refractivity contribution in [1.29, 1.82) is 0 Å². The first-order chi connectivity index (χ1) is 9.43. The number of benzene rings is 1. The lowest BCUT2D eigenvalue weighted by Crippen LogP contribution is -2.41. The molecule has 0 fully saturated rings. The van der Waals surface area contributed by atoms with Gasteiger partial charge in [-0.15, -0.1) is 0 Å². The van der Waals surface area contributed by atoms with Gasteiger partial charge in [-0.3, -0.25) is 4.79 Å². The van der Waals surface area contributed by atoms with E-state index in [-0.39, 0.29) is 18.1 Å². The molecule has 0 spiro atoms. The molecule has 0 aromatic heterocycles. The summed E-state index contributed by atoms with van der Waals surface area (Å²) in [6.07, 6.45) is 2.31. The maximum atomic E-state index is 13.0. The minimum atomic E-state index is -1.04. The van der Waals surface area contributed by atoms with E-state index in [0.717, 1.165) is 0 Å². The number of amides is 1. The van der Waals surface area contributed by atoms with E-state index in [1.54, 1.807) is 13.0 Å². The second-order valence-electron chi connectivity index (χ2n) is 4.49. The SMILES string of the molecule is CSCC[C@H](NC(=O)Cc1ccc(F)cc1C)C(=O)O. The number of hydrogen-bond acceptors (Lipinski definition) is 3. The summed E-state index contributed by atoms with van der Waals surface area (Å²) in [7, 11) is 0. The van der Waals surface area contributed by atoms with E-state index in [1.807, 2.05) is 6.26 Å². The number of carboxylic acid groups (broad SMARTS) is 1. The fraction of sp³-hybridized carbons (Fsp3) is 0.429. The Kier molecular flexibility index (Phi) is 6.51. The van der Waals surface area contributed by atoms with Gasteiger partial charge < -0.3 is 10.4 Å². The van der Waals surface area contributed by atoms with E-state index in [4.69, 9.17) is 5.11 Å². The molecule has 0 aliphatic carbocycles. The van der Waals surface area contributed by atoms with Crippen LogP contribution in [0.25, 0.3) is 0 Å².